The van der Waals surface area contributed by atoms with Crippen LogP contribution < -0.4 is 30.4 Å². The van der Waals surface area contributed by atoms with Gasteiger partial charge in [-0.25, -0.2) is 4.79 Å². The Morgan fingerprint density at radius 2 is 1.86 bits per heavy atom. The van der Waals surface area contributed by atoms with Crippen LogP contribution in [0.2, 0.25) is 0 Å². The first kappa shape index (κ1) is 23.7. The fourth-order valence-corrected chi connectivity index (χ4v) is 3.62. The predicted octanol–water partition coefficient (Wildman–Crippen LogP) is 3.38. The number of rotatable bonds is 10. The second-order valence-electron chi connectivity index (χ2n) is 7.80. The van der Waals surface area contributed by atoms with Gasteiger partial charge in [0.15, 0.2) is 11.5 Å². The number of hydrogen-bond donors (Lipinski definition) is 3. The maximum absolute atomic E-state index is 12.8. The van der Waals surface area contributed by atoms with E-state index >= 15 is 0 Å². The number of pyridine rings is 1. The van der Waals surface area contributed by atoms with Gasteiger partial charge in [-0.2, -0.15) is 0 Å². The molecule has 0 saturated heterocycles. The Morgan fingerprint density at radius 3 is 2.66 bits per heavy atom. The summed E-state index contributed by atoms with van der Waals surface area (Å²) in [7, 11) is 0. The zero-order valence-corrected chi connectivity index (χ0v) is 18.8. The lowest BCUT2D eigenvalue weighted by Gasteiger charge is -2.18. The zero-order valence-electron chi connectivity index (χ0n) is 18.8. The van der Waals surface area contributed by atoms with Gasteiger partial charge >= 0.3 is 12.0 Å². The molecule has 0 unspecified atom stereocenters. The number of anilines is 1. The van der Waals surface area contributed by atoms with Crippen LogP contribution in [-0.2, 0) is 11.3 Å². The van der Waals surface area contributed by atoms with Gasteiger partial charge in [-0.05, 0) is 48.4 Å². The van der Waals surface area contributed by atoms with E-state index in [9.17, 15) is 19.5 Å². The number of carbonyl (C=O) groups excluding carboxylic acids is 1. The van der Waals surface area contributed by atoms with Crippen molar-refractivity contribution in [2.45, 2.75) is 25.4 Å². The number of para-hydroxylation sites is 1. The summed E-state index contributed by atoms with van der Waals surface area (Å²) >= 11 is 0. The number of fused-ring (bicyclic) bond motifs is 1. The maximum Gasteiger partial charge on any atom is 0.319 e. The van der Waals surface area contributed by atoms with Crippen molar-refractivity contribution in [1.82, 2.24) is 9.88 Å². The van der Waals surface area contributed by atoms with Gasteiger partial charge in [-0.3, -0.25) is 9.59 Å². The number of nitrogens with one attached hydrogen (secondary N) is 2. The molecule has 3 N–H and O–H groups in total. The smallest absolute Gasteiger partial charge is 0.319 e. The van der Waals surface area contributed by atoms with Gasteiger partial charge in [-0.15, -0.1) is 0 Å². The van der Waals surface area contributed by atoms with Crippen molar-refractivity contribution in [1.29, 1.82) is 0 Å². The van der Waals surface area contributed by atoms with E-state index in [1.807, 2.05) is 30.3 Å². The monoisotopic (exact) mass is 479 g/mol. The molecule has 3 aromatic rings. The number of carboxylic acids is 1. The van der Waals surface area contributed by atoms with Crippen LogP contribution in [0, 0.1) is 0 Å². The second kappa shape index (κ2) is 11.1. The molecule has 0 bridgehead atoms. The van der Waals surface area contributed by atoms with Gasteiger partial charge in [-0.1, -0.05) is 24.3 Å². The highest BCUT2D eigenvalue weighted by molar-refractivity contribution is 5.89. The normalized spacial score (nSPS) is 12.6. The van der Waals surface area contributed by atoms with Crippen LogP contribution in [0.5, 0.6) is 17.2 Å². The molecule has 35 heavy (non-hydrogen) atoms. The number of aliphatic carboxylic acids is 1. The van der Waals surface area contributed by atoms with E-state index in [0.717, 1.165) is 5.75 Å². The van der Waals surface area contributed by atoms with Crippen LogP contribution in [0.25, 0.3) is 0 Å². The van der Waals surface area contributed by atoms with Crippen LogP contribution in [0.3, 0.4) is 0 Å². The molecule has 10 heteroatoms. The minimum Gasteiger partial charge on any atom is -0.494 e. The van der Waals surface area contributed by atoms with Crippen molar-refractivity contribution in [3.63, 3.8) is 0 Å². The second-order valence-corrected chi connectivity index (χ2v) is 7.80. The average Bonchev–Trinajstić information content (AvgIpc) is 3.32. The summed E-state index contributed by atoms with van der Waals surface area (Å²) in [5, 5.41) is 14.5. The number of carboxylic acid groups (broad SMARTS) is 1. The van der Waals surface area contributed by atoms with Crippen molar-refractivity contribution >= 4 is 17.7 Å². The molecule has 0 spiro atoms. The minimum absolute atomic E-state index is 0.0775. The zero-order chi connectivity index (χ0) is 24.6. The Hall–Kier alpha value is -4.47. The highest BCUT2D eigenvalue weighted by Crippen LogP contribution is 2.34. The summed E-state index contributed by atoms with van der Waals surface area (Å²) in [6, 6.07) is 15.9. The molecule has 0 saturated carbocycles. The van der Waals surface area contributed by atoms with E-state index in [2.05, 4.69) is 10.6 Å². The van der Waals surface area contributed by atoms with Crippen LogP contribution in [0.4, 0.5) is 10.5 Å². The van der Waals surface area contributed by atoms with Crippen LogP contribution >= 0.6 is 0 Å². The van der Waals surface area contributed by atoms with E-state index in [4.69, 9.17) is 14.2 Å². The molecule has 2 heterocycles. The Kier molecular flexibility index (Phi) is 7.51. The molecule has 1 aliphatic heterocycles. The van der Waals surface area contributed by atoms with Crippen LogP contribution in [0.15, 0.2) is 71.7 Å². The lowest BCUT2D eigenvalue weighted by atomic mass is 10.0. The van der Waals surface area contributed by atoms with Crippen molar-refractivity contribution in [2.75, 3.05) is 18.7 Å². The van der Waals surface area contributed by atoms with E-state index in [0.29, 0.717) is 36.6 Å². The SMILES string of the molecule is O=C(O)C[C@H](NC(=O)Nc1cccn(CCCOc2ccccc2)c1=O)c1ccc2c(c1)OCO2. The van der Waals surface area contributed by atoms with Crippen LogP contribution in [-0.4, -0.2) is 35.1 Å². The van der Waals surface area contributed by atoms with Gasteiger partial charge in [0.25, 0.3) is 5.56 Å². The molecule has 1 aliphatic rings. The Morgan fingerprint density at radius 1 is 1.06 bits per heavy atom. The number of amides is 2. The van der Waals surface area contributed by atoms with E-state index < -0.39 is 18.0 Å². The molecule has 4 rings (SSSR count). The van der Waals surface area contributed by atoms with Gasteiger partial charge < -0.3 is 34.5 Å². The highest BCUT2D eigenvalue weighted by atomic mass is 16.7. The van der Waals surface area contributed by atoms with Gasteiger partial charge in [0, 0.05) is 12.7 Å². The predicted molar refractivity (Wildman–Crippen MR) is 127 cm³/mol. The first-order valence-electron chi connectivity index (χ1n) is 11.1. The number of aryl methyl sites for hydroxylation is 1. The largest absolute Gasteiger partial charge is 0.494 e. The fraction of sp³-hybridized carbons (Fsp3) is 0.240. The quantitative estimate of drug-likeness (QED) is 0.380. The number of ether oxygens (including phenoxy) is 3. The summed E-state index contributed by atoms with van der Waals surface area (Å²) in [5.41, 5.74) is 0.240. The van der Waals surface area contributed by atoms with Gasteiger partial charge in [0.1, 0.15) is 11.4 Å². The Balaban J connectivity index is 1.37. The first-order valence-corrected chi connectivity index (χ1v) is 11.1. The third kappa shape index (κ3) is 6.32. The van der Waals surface area contributed by atoms with E-state index in [1.165, 1.54) is 10.6 Å². The van der Waals surface area contributed by atoms with E-state index in [-0.39, 0.29) is 24.5 Å². The molecule has 2 amide bonds. The molecular formula is C25H25N3O7. The summed E-state index contributed by atoms with van der Waals surface area (Å²) in [4.78, 5) is 36.8. The number of hydrogen-bond acceptors (Lipinski definition) is 6. The van der Waals surface area contributed by atoms with Crippen LogP contribution in [0.1, 0.15) is 24.4 Å². The topological polar surface area (TPSA) is 128 Å². The number of carbonyl (C=O) groups is 2. The molecule has 0 fully saturated rings. The van der Waals surface area contributed by atoms with Crippen molar-refractivity contribution < 1.29 is 28.9 Å². The first-order chi connectivity index (χ1) is 17.0. The summed E-state index contributed by atoms with van der Waals surface area (Å²) in [5.74, 6) is 0.687. The molecule has 10 nitrogen and oxygen atoms in total. The standard InChI is InChI=1S/C25H25N3O7/c29-23(30)15-20(17-9-10-21-22(14-17)35-16-34-21)27-25(32)26-19-8-4-11-28(24(19)31)12-5-13-33-18-6-2-1-3-7-18/h1-4,6-11,14,20H,5,12-13,15-16H2,(H,29,30)(H2,26,27,32)/t20-/m0/s1. The Labute approximate surface area is 201 Å². The van der Waals surface area contributed by atoms with Crippen molar-refractivity contribution in [2.24, 2.45) is 0 Å². The molecule has 0 aliphatic carbocycles. The Bertz CT molecular complexity index is 1240. The maximum atomic E-state index is 12.8. The van der Waals surface area contributed by atoms with Gasteiger partial charge in [0.05, 0.1) is 19.1 Å². The van der Waals surface area contributed by atoms with Crippen molar-refractivity contribution in [3.05, 3.63) is 82.8 Å². The lowest BCUT2D eigenvalue weighted by Crippen LogP contribution is -2.36. The summed E-state index contributed by atoms with van der Waals surface area (Å²) < 4.78 is 17.7. The van der Waals surface area contributed by atoms with Gasteiger partial charge in [0.2, 0.25) is 6.79 Å². The molecular weight excluding hydrogens is 454 g/mol. The molecule has 2 aromatic carbocycles. The summed E-state index contributed by atoms with van der Waals surface area (Å²) in [6.45, 7) is 0.914. The molecule has 1 aromatic heterocycles. The number of aromatic nitrogens is 1. The minimum atomic E-state index is -1.09. The lowest BCUT2D eigenvalue weighted by molar-refractivity contribution is -0.137. The third-order valence-electron chi connectivity index (χ3n) is 5.31. The third-order valence-corrected chi connectivity index (χ3v) is 5.31. The molecule has 1 atom stereocenters. The molecule has 0 radical (unpaired) electrons. The molecule has 182 valence electrons. The van der Waals surface area contributed by atoms with E-state index in [1.54, 1.807) is 30.5 Å². The summed E-state index contributed by atoms with van der Waals surface area (Å²) in [6.07, 6.45) is 1.87. The van der Waals surface area contributed by atoms with Crippen molar-refractivity contribution in [3.8, 4) is 17.2 Å². The number of urea groups is 1. The fourth-order valence-electron chi connectivity index (χ4n) is 3.62. The average molecular weight is 479 g/mol. The number of nitrogens with zero attached hydrogens (tertiary/aromatic N) is 1. The highest BCUT2D eigenvalue weighted by Gasteiger charge is 2.22. The number of benzene rings is 2.